The van der Waals surface area contributed by atoms with E-state index in [1.165, 1.54) is 12.0 Å². The summed E-state index contributed by atoms with van der Waals surface area (Å²) in [7, 11) is 0. The Morgan fingerprint density at radius 2 is 2.04 bits per heavy atom. The van der Waals surface area contributed by atoms with Gasteiger partial charge in [-0.2, -0.15) is 4.98 Å². The van der Waals surface area contributed by atoms with Gasteiger partial charge in [0.1, 0.15) is 13.2 Å². The van der Waals surface area contributed by atoms with Gasteiger partial charge in [0.05, 0.1) is 6.54 Å². The summed E-state index contributed by atoms with van der Waals surface area (Å²) < 4.78 is 16.8. The zero-order chi connectivity index (χ0) is 16.5. The lowest BCUT2D eigenvalue weighted by atomic mass is 10.0. The van der Waals surface area contributed by atoms with Crippen molar-refractivity contribution < 1.29 is 14.0 Å². The Bertz CT molecular complexity index is 713. The van der Waals surface area contributed by atoms with Crippen LogP contribution in [0.4, 0.5) is 0 Å². The van der Waals surface area contributed by atoms with E-state index in [1.54, 1.807) is 0 Å². The first kappa shape index (κ1) is 15.4. The molecule has 1 aromatic carbocycles. The molecule has 1 aromatic heterocycles. The van der Waals surface area contributed by atoms with Crippen LogP contribution < -0.4 is 9.47 Å². The largest absolute Gasteiger partial charge is 0.486 e. The Balaban J connectivity index is 1.52. The van der Waals surface area contributed by atoms with Crippen LogP contribution in [0.25, 0.3) is 0 Å². The Hall–Kier alpha value is -2.08. The lowest BCUT2D eigenvalue weighted by molar-refractivity contribution is 0.170. The molecular formula is C18H23N3O3. The maximum atomic E-state index is 5.72. The minimum Gasteiger partial charge on any atom is -0.486 e. The summed E-state index contributed by atoms with van der Waals surface area (Å²) >= 11 is 0. The van der Waals surface area contributed by atoms with Crippen LogP contribution in [0, 0.1) is 0 Å². The highest BCUT2D eigenvalue weighted by atomic mass is 16.6. The molecule has 1 fully saturated rings. The quantitative estimate of drug-likeness (QED) is 0.858. The molecule has 0 spiro atoms. The molecule has 0 bridgehead atoms. The van der Waals surface area contributed by atoms with Gasteiger partial charge in [-0.15, -0.1) is 0 Å². The molecule has 0 saturated carbocycles. The Morgan fingerprint density at radius 1 is 1.21 bits per heavy atom. The summed E-state index contributed by atoms with van der Waals surface area (Å²) in [6.07, 6.45) is 2.30. The second kappa shape index (κ2) is 6.43. The number of ether oxygens (including phenoxy) is 2. The van der Waals surface area contributed by atoms with Gasteiger partial charge in [-0.25, -0.2) is 0 Å². The SMILES string of the molecule is CC(C)c1noc(CN2CCCC2c2ccc3c(c2)OCCO3)n1. The van der Waals surface area contributed by atoms with E-state index in [9.17, 15) is 0 Å². The molecule has 4 rings (SSSR count). The standard InChI is InChI=1S/C18H23N3O3/c1-12(2)18-19-17(24-20-18)11-21-7-3-4-14(21)13-5-6-15-16(10-13)23-9-8-22-15/h5-6,10,12,14H,3-4,7-9,11H2,1-2H3. The molecular weight excluding hydrogens is 306 g/mol. The van der Waals surface area contributed by atoms with E-state index in [0.717, 1.165) is 30.3 Å². The summed E-state index contributed by atoms with van der Waals surface area (Å²) in [5, 5.41) is 4.06. The number of nitrogens with zero attached hydrogens (tertiary/aromatic N) is 3. The highest BCUT2D eigenvalue weighted by molar-refractivity contribution is 5.44. The predicted octanol–water partition coefficient (Wildman–Crippen LogP) is 3.30. The van der Waals surface area contributed by atoms with Crippen molar-refractivity contribution in [3.63, 3.8) is 0 Å². The Morgan fingerprint density at radius 3 is 2.83 bits per heavy atom. The maximum Gasteiger partial charge on any atom is 0.240 e. The molecule has 24 heavy (non-hydrogen) atoms. The zero-order valence-electron chi connectivity index (χ0n) is 14.2. The van der Waals surface area contributed by atoms with Crippen LogP contribution in [-0.2, 0) is 6.54 Å². The summed E-state index contributed by atoms with van der Waals surface area (Å²) in [5.41, 5.74) is 1.26. The lowest BCUT2D eigenvalue weighted by Gasteiger charge is -2.25. The van der Waals surface area contributed by atoms with Gasteiger partial charge in [0.15, 0.2) is 17.3 Å². The van der Waals surface area contributed by atoms with E-state index in [4.69, 9.17) is 14.0 Å². The third-order valence-electron chi connectivity index (χ3n) is 4.65. The highest BCUT2D eigenvalue weighted by Crippen LogP contribution is 2.38. The molecule has 0 amide bonds. The fourth-order valence-electron chi connectivity index (χ4n) is 3.40. The van der Waals surface area contributed by atoms with Gasteiger partial charge < -0.3 is 14.0 Å². The molecule has 1 unspecified atom stereocenters. The molecule has 1 atom stereocenters. The van der Waals surface area contributed by atoms with Gasteiger partial charge >= 0.3 is 0 Å². The molecule has 1 saturated heterocycles. The van der Waals surface area contributed by atoms with Crippen molar-refractivity contribution in [3.8, 4) is 11.5 Å². The first-order valence-electron chi connectivity index (χ1n) is 8.67. The molecule has 6 heteroatoms. The van der Waals surface area contributed by atoms with Gasteiger partial charge in [0.25, 0.3) is 0 Å². The molecule has 2 aromatic rings. The van der Waals surface area contributed by atoms with Gasteiger partial charge in [-0.05, 0) is 37.1 Å². The number of hydrogen-bond donors (Lipinski definition) is 0. The highest BCUT2D eigenvalue weighted by Gasteiger charge is 2.29. The van der Waals surface area contributed by atoms with Crippen molar-refractivity contribution in [1.29, 1.82) is 0 Å². The van der Waals surface area contributed by atoms with E-state index in [1.807, 2.05) is 6.07 Å². The van der Waals surface area contributed by atoms with Gasteiger partial charge in [0, 0.05) is 12.0 Å². The smallest absolute Gasteiger partial charge is 0.240 e. The number of benzene rings is 1. The average Bonchev–Trinajstić information content (AvgIpc) is 3.24. The van der Waals surface area contributed by atoms with Crippen LogP contribution >= 0.6 is 0 Å². The second-order valence-corrected chi connectivity index (χ2v) is 6.73. The lowest BCUT2D eigenvalue weighted by Crippen LogP contribution is -2.23. The number of aromatic nitrogens is 2. The Kier molecular flexibility index (Phi) is 4.14. The van der Waals surface area contributed by atoms with Crippen molar-refractivity contribution in [2.75, 3.05) is 19.8 Å². The second-order valence-electron chi connectivity index (χ2n) is 6.73. The molecule has 2 aliphatic rings. The van der Waals surface area contributed by atoms with Crippen molar-refractivity contribution in [2.45, 2.75) is 45.2 Å². The number of hydrogen-bond acceptors (Lipinski definition) is 6. The normalized spacial score (nSPS) is 20.7. The number of fused-ring (bicyclic) bond motifs is 1. The fourth-order valence-corrected chi connectivity index (χ4v) is 3.40. The molecule has 3 heterocycles. The van der Waals surface area contributed by atoms with Gasteiger partial charge in [0.2, 0.25) is 5.89 Å². The van der Waals surface area contributed by atoms with Crippen LogP contribution in [0.15, 0.2) is 22.7 Å². The van der Waals surface area contributed by atoms with Crippen LogP contribution in [-0.4, -0.2) is 34.8 Å². The van der Waals surface area contributed by atoms with E-state index >= 15 is 0 Å². The van der Waals surface area contributed by atoms with Crippen molar-refractivity contribution in [2.24, 2.45) is 0 Å². The number of rotatable bonds is 4. The van der Waals surface area contributed by atoms with Crippen LogP contribution in [0.3, 0.4) is 0 Å². The van der Waals surface area contributed by atoms with Gasteiger partial charge in [-0.3, -0.25) is 4.90 Å². The molecule has 6 nitrogen and oxygen atoms in total. The molecule has 0 N–H and O–H groups in total. The minimum atomic E-state index is 0.287. The van der Waals surface area contributed by atoms with Crippen molar-refractivity contribution in [3.05, 3.63) is 35.5 Å². The third-order valence-corrected chi connectivity index (χ3v) is 4.65. The third kappa shape index (κ3) is 2.98. The molecule has 0 radical (unpaired) electrons. The van der Waals surface area contributed by atoms with Crippen molar-refractivity contribution in [1.82, 2.24) is 15.0 Å². The van der Waals surface area contributed by atoms with Crippen LogP contribution in [0.1, 0.15) is 55.9 Å². The van der Waals surface area contributed by atoms with E-state index < -0.39 is 0 Å². The van der Waals surface area contributed by atoms with Crippen LogP contribution in [0.2, 0.25) is 0 Å². The monoisotopic (exact) mass is 329 g/mol. The number of likely N-dealkylation sites (tertiary alicyclic amines) is 1. The first-order valence-corrected chi connectivity index (χ1v) is 8.67. The fraction of sp³-hybridized carbons (Fsp3) is 0.556. The Labute approximate surface area is 141 Å². The van der Waals surface area contributed by atoms with E-state index in [0.29, 0.717) is 31.7 Å². The topological polar surface area (TPSA) is 60.6 Å². The summed E-state index contributed by atoms with van der Waals surface area (Å²) in [5.74, 6) is 3.45. The average molecular weight is 329 g/mol. The maximum absolute atomic E-state index is 5.72. The summed E-state index contributed by atoms with van der Waals surface area (Å²) in [6, 6.07) is 6.63. The molecule has 2 aliphatic heterocycles. The predicted molar refractivity (Wildman–Crippen MR) is 88.2 cm³/mol. The molecule has 128 valence electrons. The molecule has 0 aliphatic carbocycles. The summed E-state index contributed by atoms with van der Waals surface area (Å²) in [4.78, 5) is 6.91. The van der Waals surface area contributed by atoms with Crippen molar-refractivity contribution >= 4 is 0 Å². The first-order chi connectivity index (χ1) is 11.7. The zero-order valence-corrected chi connectivity index (χ0v) is 14.2. The van der Waals surface area contributed by atoms with Gasteiger partial charge in [-0.1, -0.05) is 25.1 Å². The summed E-state index contributed by atoms with van der Waals surface area (Å²) in [6.45, 7) is 7.12. The van der Waals surface area contributed by atoms with E-state index in [2.05, 4.69) is 41.0 Å². The minimum absolute atomic E-state index is 0.287. The van der Waals surface area contributed by atoms with Crippen LogP contribution in [0.5, 0.6) is 11.5 Å². The van der Waals surface area contributed by atoms with E-state index in [-0.39, 0.29) is 5.92 Å².